The third-order valence-corrected chi connectivity index (χ3v) is 4.91. The van der Waals surface area contributed by atoms with Gasteiger partial charge >= 0.3 is 0 Å². The van der Waals surface area contributed by atoms with Gasteiger partial charge in [-0.3, -0.25) is 4.79 Å². The van der Waals surface area contributed by atoms with Crippen molar-refractivity contribution < 1.29 is 4.79 Å². The van der Waals surface area contributed by atoms with Crippen LogP contribution < -0.4 is 0 Å². The van der Waals surface area contributed by atoms with E-state index in [2.05, 4.69) is 32.9 Å². The quantitative estimate of drug-likeness (QED) is 0.812. The minimum absolute atomic E-state index is 0.259. The predicted octanol–water partition coefficient (Wildman–Crippen LogP) is 3.62. The van der Waals surface area contributed by atoms with Gasteiger partial charge in [-0.1, -0.05) is 17.7 Å². The fourth-order valence-corrected chi connectivity index (χ4v) is 3.83. The average molecular weight is 248 g/mol. The molecule has 0 saturated carbocycles. The molecule has 2 heteroatoms. The van der Waals surface area contributed by atoms with Crippen LogP contribution in [0.4, 0.5) is 0 Å². The lowest BCUT2D eigenvalue weighted by molar-refractivity contribution is -0.117. The normalized spacial score (nSPS) is 19.6. The fraction of sp³-hybridized carbons (Fsp3) is 0.533. The Kier molecular flexibility index (Phi) is 3.93. The number of ketones is 1. The van der Waals surface area contributed by atoms with Gasteiger partial charge in [0.1, 0.15) is 5.78 Å². The van der Waals surface area contributed by atoms with Gasteiger partial charge in [-0.05, 0) is 56.1 Å². The molecule has 0 radical (unpaired) electrons. The molecule has 1 aliphatic heterocycles. The van der Waals surface area contributed by atoms with Crippen LogP contribution in [0.5, 0.6) is 0 Å². The van der Waals surface area contributed by atoms with Crippen LogP contribution in [-0.4, -0.2) is 16.8 Å². The van der Waals surface area contributed by atoms with Crippen LogP contribution in [0.1, 0.15) is 35.1 Å². The first kappa shape index (κ1) is 12.7. The van der Waals surface area contributed by atoms with Crippen molar-refractivity contribution in [3.8, 4) is 0 Å². The van der Waals surface area contributed by atoms with Crippen molar-refractivity contribution in [2.24, 2.45) is 0 Å². The van der Waals surface area contributed by atoms with Crippen molar-refractivity contribution in [3.05, 3.63) is 34.4 Å². The number of hydrogen-bond acceptors (Lipinski definition) is 2. The highest BCUT2D eigenvalue weighted by Crippen LogP contribution is 2.28. The van der Waals surface area contributed by atoms with Crippen LogP contribution in [0.3, 0.4) is 0 Å². The van der Waals surface area contributed by atoms with Crippen molar-refractivity contribution in [2.75, 3.05) is 5.75 Å². The minimum atomic E-state index is 0.259. The zero-order valence-electron chi connectivity index (χ0n) is 10.9. The van der Waals surface area contributed by atoms with Crippen LogP contribution >= 0.6 is 11.8 Å². The van der Waals surface area contributed by atoms with E-state index in [0.29, 0.717) is 12.2 Å². The number of rotatable bonds is 3. The second-order valence-electron chi connectivity index (χ2n) is 5.02. The van der Waals surface area contributed by atoms with Crippen molar-refractivity contribution in [2.45, 2.75) is 45.3 Å². The number of hydrogen-bond donors (Lipinski definition) is 0. The number of carbonyl (C=O) groups excluding carboxylic acids is 1. The molecule has 1 saturated heterocycles. The second-order valence-corrected chi connectivity index (χ2v) is 6.33. The maximum atomic E-state index is 12.2. The number of carbonyl (C=O) groups is 1. The maximum absolute atomic E-state index is 12.2. The van der Waals surface area contributed by atoms with E-state index >= 15 is 0 Å². The summed E-state index contributed by atoms with van der Waals surface area (Å²) in [5.74, 6) is 1.57. The van der Waals surface area contributed by atoms with Gasteiger partial charge in [0.05, 0.1) is 5.25 Å². The molecule has 0 N–H and O–H groups in total. The Morgan fingerprint density at radius 3 is 2.47 bits per heavy atom. The van der Waals surface area contributed by atoms with E-state index in [4.69, 9.17) is 0 Å². The van der Waals surface area contributed by atoms with Crippen LogP contribution in [0.25, 0.3) is 0 Å². The van der Waals surface area contributed by atoms with E-state index in [9.17, 15) is 4.79 Å². The minimum Gasteiger partial charge on any atom is -0.298 e. The molecule has 1 heterocycles. The summed E-state index contributed by atoms with van der Waals surface area (Å²) in [6.07, 6.45) is 2.90. The molecule has 1 atom stereocenters. The molecular weight excluding hydrogens is 228 g/mol. The highest BCUT2D eigenvalue weighted by molar-refractivity contribution is 8.00. The van der Waals surface area contributed by atoms with E-state index in [1.165, 1.54) is 28.7 Å². The first-order chi connectivity index (χ1) is 8.08. The van der Waals surface area contributed by atoms with Crippen LogP contribution in [-0.2, 0) is 11.2 Å². The lowest BCUT2D eigenvalue weighted by Crippen LogP contribution is -2.17. The summed E-state index contributed by atoms with van der Waals surface area (Å²) in [6.45, 7) is 6.34. The van der Waals surface area contributed by atoms with Gasteiger partial charge in [0.2, 0.25) is 0 Å². The van der Waals surface area contributed by atoms with Gasteiger partial charge in [-0.15, -0.1) is 0 Å². The molecule has 1 aromatic rings. The second kappa shape index (κ2) is 5.26. The zero-order chi connectivity index (χ0) is 12.4. The number of benzene rings is 1. The van der Waals surface area contributed by atoms with Gasteiger partial charge < -0.3 is 0 Å². The summed E-state index contributed by atoms with van der Waals surface area (Å²) in [5, 5.41) is 0.259. The Balaban J connectivity index is 2.15. The van der Waals surface area contributed by atoms with E-state index in [1.807, 2.05) is 11.8 Å². The first-order valence-corrected chi connectivity index (χ1v) is 7.34. The van der Waals surface area contributed by atoms with E-state index in [-0.39, 0.29) is 5.25 Å². The summed E-state index contributed by atoms with van der Waals surface area (Å²) in [7, 11) is 0. The van der Waals surface area contributed by atoms with E-state index in [1.54, 1.807) is 0 Å². The van der Waals surface area contributed by atoms with Crippen LogP contribution in [0, 0.1) is 20.8 Å². The van der Waals surface area contributed by atoms with Crippen molar-refractivity contribution >= 4 is 17.5 Å². The van der Waals surface area contributed by atoms with Crippen molar-refractivity contribution in [1.82, 2.24) is 0 Å². The molecule has 1 nitrogen and oxygen atoms in total. The zero-order valence-corrected chi connectivity index (χ0v) is 11.7. The molecular formula is C15H20OS. The SMILES string of the molecule is Cc1cc(C)c(CC(=O)C2CCCS2)c(C)c1. The molecule has 1 unspecified atom stereocenters. The maximum Gasteiger partial charge on any atom is 0.150 e. The van der Waals surface area contributed by atoms with Gasteiger partial charge in [0.15, 0.2) is 0 Å². The molecule has 0 spiro atoms. The van der Waals surface area contributed by atoms with Gasteiger partial charge in [0.25, 0.3) is 0 Å². The standard InChI is InChI=1S/C15H20OS/c1-10-7-11(2)13(12(3)8-10)9-14(16)15-5-4-6-17-15/h7-8,15H,4-6,9H2,1-3H3. The van der Waals surface area contributed by atoms with Gasteiger partial charge in [-0.25, -0.2) is 0 Å². The van der Waals surface area contributed by atoms with Crippen molar-refractivity contribution in [3.63, 3.8) is 0 Å². The lowest BCUT2D eigenvalue weighted by Gasteiger charge is -2.13. The molecule has 17 heavy (non-hydrogen) atoms. The lowest BCUT2D eigenvalue weighted by atomic mass is 9.94. The average Bonchev–Trinajstić information content (AvgIpc) is 2.76. The Labute approximate surface area is 108 Å². The highest BCUT2D eigenvalue weighted by Gasteiger charge is 2.24. The van der Waals surface area contributed by atoms with Gasteiger partial charge in [0, 0.05) is 6.42 Å². The molecule has 0 bridgehead atoms. The Hall–Kier alpha value is -0.760. The summed E-state index contributed by atoms with van der Waals surface area (Å²) in [5.41, 5.74) is 5.05. The van der Waals surface area contributed by atoms with Crippen LogP contribution in [0.15, 0.2) is 12.1 Å². The summed E-state index contributed by atoms with van der Waals surface area (Å²) in [4.78, 5) is 12.2. The third-order valence-electron chi connectivity index (χ3n) is 3.48. The predicted molar refractivity (Wildman–Crippen MR) is 74.8 cm³/mol. The molecule has 1 aliphatic rings. The highest BCUT2D eigenvalue weighted by atomic mass is 32.2. The van der Waals surface area contributed by atoms with Gasteiger partial charge in [-0.2, -0.15) is 11.8 Å². The van der Waals surface area contributed by atoms with Crippen LogP contribution in [0.2, 0.25) is 0 Å². The smallest absolute Gasteiger partial charge is 0.150 e. The summed E-state index contributed by atoms with van der Waals surface area (Å²) < 4.78 is 0. The first-order valence-electron chi connectivity index (χ1n) is 6.29. The molecule has 2 rings (SSSR count). The molecule has 1 fully saturated rings. The monoisotopic (exact) mass is 248 g/mol. The van der Waals surface area contributed by atoms with E-state index < -0.39 is 0 Å². The molecule has 0 aliphatic carbocycles. The van der Waals surface area contributed by atoms with E-state index in [0.717, 1.165) is 12.2 Å². The van der Waals surface area contributed by atoms with Crippen molar-refractivity contribution in [1.29, 1.82) is 0 Å². The number of Topliss-reactive ketones (excluding diaryl/α,β-unsaturated/α-hetero) is 1. The molecule has 92 valence electrons. The Morgan fingerprint density at radius 2 is 1.94 bits per heavy atom. The number of thioether (sulfide) groups is 1. The number of aryl methyl sites for hydroxylation is 3. The fourth-order valence-electron chi connectivity index (χ4n) is 2.61. The topological polar surface area (TPSA) is 17.1 Å². The Morgan fingerprint density at radius 1 is 1.29 bits per heavy atom. The third kappa shape index (κ3) is 2.92. The Bertz CT molecular complexity index is 408. The molecule has 0 aromatic heterocycles. The molecule has 1 aromatic carbocycles. The summed E-state index contributed by atoms with van der Waals surface area (Å²) >= 11 is 1.84. The summed E-state index contributed by atoms with van der Waals surface area (Å²) in [6, 6.07) is 4.36. The largest absolute Gasteiger partial charge is 0.298 e. The molecule has 0 amide bonds.